The first-order valence-corrected chi connectivity index (χ1v) is 6.93. The summed E-state index contributed by atoms with van der Waals surface area (Å²) in [6.07, 6.45) is 7.55. The number of hydrogen-bond acceptors (Lipinski definition) is 4. The van der Waals surface area contributed by atoms with Crippen LogP contribution >= 0.6 is 27.3 Å². The number of halogens is 1. The number of hydrogen-bond donors (Lipinski definition) is 0. The van der Waals surface area contributed by atoms with Gasteiger partial charge in [0.15, 0.2) is 0 Å². The topological polar surface area (TPSA) is 38.7 Å². The zero-order valence-corrected chi connectivity index (χ0v) is 11.0. The number of aromatic nitrogens is 3. The molecule has 0 spiro atoms. The molecule has 0 atom stereocenters. The van der Waals surface area contributed by atoms with Crippen molar-refractivity contribution in [2.45, 2.75) is 25.2 Å². The van der Waals surface area contributed by atoms with Gasteiger partial charge < -0.3 is 0 Å². The van der Waals surface area contributed by atoms with Gasteiger partial charge in [-0.05, 0) is 28.8 Å². The average Bonchev–Trinajstić information content (AvgIpc) is 2.63. The van der Waals surface area contributed by atoms with Crippen molar-refractivity contribution in [1.82, 2.24) is 15.0 Å². The molecular weight excluding hydrogens is 286 g/mol. The molecule has 82 valence electrons. The lowest BCUT2D eigenvalue weighted by molar-refractivity contribution is 0.401. The summed E-state index contributed by atoms with van der Waals surface area (Å²) >= 11 is 4.94. The Morgan fingerprint density at radius 3 is 2.50 bits per heavy atom. The van der Waals surface area contributed by atoms with Crippen molar-refractivity contribution in [2.24, 2.45) is 0 Å². The van der Waals surface area contributed by atoms with E-state index in [2.05, 4.69) is 30.9 Å². The van der Waals surface area contributed by atoms with Gasteiger partial charge in [0, 0.05) is 29.3 Å². The Balaban J connectivity index is 1.86. The van der Waals surface area contributed by atoms with Crippen molar-refractivity contribution in [3.05, 3.63) is 28.2 Å². The van der Waals surface area contributed by atoms with Crippen molar-refractivity contribution >= 4 is 27.3 Å². The Morgan fingerprint density at radius 2 is 2.00 bits per heavy atom. The molecule has 0 unspecified atom stereocenters. The Kier molecular flexibility index (Phi) is 2.73. The third-order valence-corrected chi connectivity index (χ3v) is 4.47. The lowest BCUT2D eigenvalue weighted by Gasteiger charge is -2.23. The van der Waals surface area contributed by atoms with E-state index in [0.717, 1.165) is 21.0 Å². The normalized spacial score (nSPS) is 16.1. The third-order valence-electron chi connectivity index (χ3n) is 2.87. The molecule has 3 nitrogen and oxygen atoms in total. The van der Waals surface area contributed by atoms with E-state index < -0.39 is 0 Å². The van der Waals surface area contributed by atoms with Gasteiger partial charge >= 0.3 is 0 Å². The second kappa shape index (κ2) is 4.22. The fourth-order valence-electron chi connectivity index (χ4n) is 1.71. The molecule has 0 N–H and O–H groups in total. The van der Waals surface area contributed by atoms with E-state index in [1.807, 2.05) is 17.8 Å². The fourth-order valence-corrected chi connectivity index (χ4v) is 2.94. The highest BCUT2D eigenvalue weighted by Gasteiger charge is 2.21. The summed E-state index contributed by atoms with van der Waals surface area (Å²) in [5.41, 5.74) is 0.999. The van der Waals surface area contributed by atoms with Crippen LogP contribution in [0, 0.1) is 0 Å². The van der Waals surface area contributed by atoms with E-state index in [1.165, 1.54) is 19.3 Å². The monoisotopic (exact) mass is 295 g/mol. The second-order valence-electron chi connectivity index (χ2n) is 3.93. The van der Waals surface area contributed by atoms with E-state index in [-0.39, 0.29) is 0 Å². The average molecular weight is 296 g/mol. The molecule has 0 bridgehead atoms. The summed E-state index contributed by atoms with van der Waals surface area (Å²) < 4.78 is 0.871. The van der Waals surface area contributed by atoms with Gasteiger partial charge in [-0.1, -0.05) is 6.42 Å². The molecule has 0 radical (unpaired) electrons. The maximum absolute atomic E-state index is 4.43. The van der Waals surface area contributed by atoms with E-state index in [1.54, 1.807) is 11.3 Å². The van der Waals surface area contributed by atoms with Gasteiger partial charge in [0.1, 0.15) is 15.4 Å². The summed E-state index contributed by atoms with van der Waals surface area (Å²) in [6.45, 7) is 0. The molecule has 0 saturated heterocycles. The smallest absolute Gasteiger partial charge is 0.131 e. The van der Waals surface area contributed by atoms with Crippen LogP contribution in [0.15, 0.2) is 22.4 Å². The molecular formula is C11H10BrN3S. The van der Waals surface area contributed by atoms with Crippen LogP contribution in [0.1, 0.15) is 31.0 Å². The highest BCUT2D eigenvalue weighted by atomic mass is 79.9. The minimum Gasteiger partial charge on any atom is -0.240 e. The van der Waals surface area contributed by atoms with Gasteiger partial charge in [-0.15, -0.1) is 11.3 Å². The van der Waals surface area contributed by atoms with Crippen molar-refractivity contribution in [1.29, 1.82) is 0 Å². The van der Waals surface area contributed by atoms with Crippen LogP contribution < -0.4 is 0 Å². The van der Waals surface area contributed by atoms with Crippen LogP contribution in [0.5, 0.6) is 0 Å². The molecule has 0 aromatic carbocycles. The van der Waals surface area contributed by atoms with Crippen LogP contribution in [0.25, 0.3) is 10.6 Å². The summed E-state index contributed by atoms with van der Waals surface area (Å²) in [5.74, 6) is 1.59. The predicted molar refractivity (Wildman–Crippen MR) is 67.4 cm³/mol. The molecule has 1 aliphatic rings. The zero-order chi connectivity index (χ0) is 11.0. The second-order valence-corrected chi connectivity index (χ2v) is 5.60. The quantitative estimate of drug-likeness (QED) is 0.849. The van der Waals surface area contributed by atoms with Crippen molar-refractivity contribution < 1.29 is 0 Å². The van der Waals surface area contributed by atoms with Gasteiger partial charge in [-0.3, -0.25) is 0 Å². The number of rotatable bonds is 2. The minimum absolute atomic E-state index is 0.595. The molecule has 5 heteroatoms. The standard InChI is InChI=1S/C11H10BrN3S/c12-9-6-16-11(15-9)8-4-13-10(14-5-8)7-2-1-3-7/h4-7H,1-3H2. The number of nitrogens with zero attached hydrogens (tertiary/aromatic N) is 3. The van der Waals surface area contributed by atoms with Crippen molar-refractivity contribution in [2.75, 3.05) is 0 Å². The van der Waals surface area contributed by atoms with E-state index >= 15 is 0 Å². The van der Waals surface area contributed by atoms with Gasteiger partial charge in [0.05, 0.1) is 0 Å². The molecule has 2 heterocycles. The first-order chi connectivity index (χ1) is 7.83. The lowest BCUT2D eigenvalue weighted by atomic mass is 9.85. The van der Waals surface area contributed by atoms with E-state index in [9.17, 15) is 0 Å². The van der Waals surface area contributed by atoms with Gasteiger partial charge in [0.25, 0.3) is 0 Å². The molecule has 1 saturated carbocycles. The molecule has 2 aromatic heterocycles. The van der Waals surface area contributed by atoms with Crippen LogP contribution in [0.3, 0.4) is 0 Å². The van der Waals surface area contributed by atoms with Crippen LogP contribution in [-0.4, -0.2) is 15.0 Å². The van der Waals surface area contributed by atoms with Gasteiger partial charge in [-0.2, -0.15) is 0 Å². The Labute approximate surface area is 106 Å². The fraction of sp³-hybridized carbons (Fsp3) is 0.364. The zero-order valence-electron chi connectivity index (χ0n) is 8.56. The highest BCUT2D eigenvalue weighted by molar-refractivity contribution is 9.10. The molecule has 0 aliphatic heterocycles. The minimum atomic E-state index is 0.595. The summed E-state index contributed by atoms with van der Waals surface area (Å²) in [4.78, 5) is 13.2. The van der Waals surface area contributed by atoms with E-state index in [0.29, 0.717) is 5.92 Å². The first kappa shape index (κ1) is 10.4. The van der Waals surface area contributed by atoms with Crippen molar-refractivity contribution in [3.63, 3.8) is 0 Å². The summed E-state index contributed by atoms with van der Waals surface area (Å²) in [5, 5.41) is 2.93. The lowest BCUT2D eigenvalue weighted by Crippen LogP contribution is -2.12. The van der Waals surface area contributed by atoms with Gasteiger partial charge in [0.2, 0.25) is 0 Å². The molecule has 3 rings (SSSR count). The Morgan fingerprint density at radius 1 is 1.25 bits per heavy atom. The highest BCUT2D eigenvalue weighted by Crippen LogP contribution is 2.34. The molecule has 16 heavy (non-hydrogen) atoms. The van der Waals surface area contributed by atoms with Crippen molar-refractivity contribution in [3.8, 4) is 10.6 Å². The summed E-state index contributed by atoms with van der Waals surface area (Å²) in [7, 11) is 0. The third kappa shape index (κ3) is 1.89. The Hall–Kier alpha value is -0.810. The van der Waals surface area contributed by atoms with Gasteiger partial charge in [-0.25, -0.2) is 15.0 Å². The Bertz CT molecular complexity index is 490. The summed E-state index contributed by atoms with van der Waals surface area (Å²) in [6, 6.07) is 0. The number of thiazole rings is 1. The molecule has 1 aliphatic carbocycles. The molecule has 1 fully saturated rings. The van der Waals surface area contributed by atoms with E-state index in [4.69, 9.17) is 0 Å². The van der Waals surface area contributed by atoms with Crippen LogP contribution in [0.4, 0.5) is 0 Å². The maximum atomic E-state index is 4.43. The SMILES string of the molecule is Brc1csc(-c2cnc(C3CCC3)nc2)n1. The van der Waals surface area contributed by atoms with Crippen LogP contribution in [-0.2, 0) is 0 Å². The molecule has 2 aromatic rings. The molecule has 0 amide bonds. The largest absolute Gasteiger partial charge is 0.240 e. The van der Waals surface area contributed by atoms with Crippen LogP contribution in [0.2, 0.25) is 0 Å². The predicted octanol–water partition coefficient (Wildman–Crippen LogP) is 3.63. The first-order valence-electron chi connectivity index (χ1n) is 5.26. The maximum Gasteiger partial charge on any atom is 0.131 e.